The lowest BCUT2D eigenvalue weighted by atomic mass is 10.1. The van der Waals surface area contributed by atoms with Crippen molar-refractivity contribution in [1.29, 1.82) is 0 Å². The monoisotopic (exact) mass is 453 g/mol. The van der Waals surface area contributed by atoms with Crippen LogP contribution in [0.5, 0.6) is 11.5 Å². The first-order valence-corrected chi connectivity index (χ1v) is 11.2. The van der Waals surface area contributed by atoms with E-state index >= 15 is 0 Å². The average Bonchev–Trinajstić information content (AvgIpc) is 3.16. The summed E-state index contributed by atoms with van der Waals surface area (Å²) >= 11 is 1.51. The van der Waals surface area contributed by atoms with Gasteiger partial charge >= 0.3 is 0 Å². The Bertz CT molecular complexity index is 1070. The van der Waals surface area contributed by atoms with E-state index in [2.05, 4.69) is 0 Å². The number of carbonyl (C=O) groups is 3. The Hall–Kier alpha value is -3.33. The summed E-state index contributed by atoms with van der Waals surface area (Å²) in [6.07, 6.45) is 1.29. The number of hydrogen-bond donors (Lipinski definition) is 0. The number of nitrogens with zero attached hydrogens (tertiary/aromatic N) is 3. The molecule has 9 heteroatoms. The van der Waals surface area contributed by atoms with Gasteiger partial charge in [-0.3, -0.25) is 24.2 Å². The molecule has 4 rings (SSSR count). The van der Waals surface area contributed by atoms with Gasteiger partial charge in [0.1, 0.15) is 17.2 Å². The van der Waals surface area contributed by atoms with Crippen molar-refractivity contribution >= 4 is 46.0 Å². The zero-order valence-corrected chi connectivity index (χ0v) is 18.7. The minimum atomic E-state index is -0.219. The first-order chi connectivity index (χ1) is 15.5. The van der Waals surface area contributed by atoms with Crippen LogP contribution in [0.1, 0.15) is 29.6 Å². The summed E-state index contributed by atoms with van der Waals surface area (Å²) in [4.78, 5) is 44.7. The molecule has 2 aliphatic rings. The number of rotatable bonds is 5. The van der Waals surface area contributed by atoms with Crippen LogP contribution in [0.4, 0.5) is 11.4 Å². The van der Waals surface area contributed by atoms with Crippen LogP contribution in [0.25, 0.3) is 0 Å². The van der Waals surface area contributed by atoms with Crippen LogP contribution in [-0.4, -0.2) is 54.3 Å². The van der Waals surface area contributed by atoms with Gasteiger partial charge in [0.25, 0.3) is 5.91 Å². The van der Waals surface area contributed by atoms with Crippen molar-refractivity contribution in [2.45, 2.75) is 19.3 Å². The van der Waals surface area contributed by atoms with Crippen LogP contribution in [-0.2, 0) is 9.59 Å². The maximum Gasteiger partial charge on any atom is 0.259 e. The Morgan fingerprint density at radius 3 is 2.38 bits per heavy atom. The van der Waals surface area contributed by atoms with Crippen molar-refractivity contribution in [2.75, 3.05) is 31.4 Å². The molecule has 0 radical (unpaired) electrons. The second-order valence-corrected chi connectivity index (χ2v) is 8.32. The van der Waals surface area contributed by atoms with E-state index in [1.54, 1.807) is 61.6 Å². The number of carbonyl (C=O) groups excluding carboxylic acids is 3. The molecule has 0 N–H and O–H groups in total. The standard InChI is InChI=1S/C23H23N3O5S/c1-30-17-8-9-19(31-2)18(14-17)24-23-25(12-3-13-32-23)22(29)15-4-6-16(7-5-15)26-20(27)10-11-21(26)28/h4-9,14H,3,10-13H2,1-2H3. The molecule has 2 saturated heterocycles. The van der Waals surface area contributed by atoms with Crippen molar-refractivity contribution in [1.82, 2.24) is 4.90 Å². The van der Waals surface area contributed by atoms with Crippen LogP contribution in [0.15, 0.2) is 47.5 Å². The fraction of sp³-hybridized carbons (Fsp3) is 0.304. The van der Waals surface area contributed by atoms with Crippen LogP contribution >= 0.6 is 11.8 Å². The van der Waals surface area contributed by atoms with E-state index < -0.39 is 0 Å². The van der Waals surface area contributed by atoms with Gasteiger partial charge in [-0.15, -0.1) is 0 Å². The number of amides is 3. The van der Waals surface area contributed by atoms with Gasteiger partial charge in [0, 0.05) is 36.8 Å². The lowest BCUT2D eigenvalue weighted by molar-refractivity contribution is -0.121. The first kappa shape index (κ1) is 21.9. The molecule has 0 saturated carbocycles. The number of hydrogen-bond acceptors (Lipinski definition) is 7. The first-order valence-electron chi connectivity index (χ1n) is 10.2. The molecule has 166 valence electrons. The van der Waals surface area contributed by atoms with Crippen LogP contribution in [0.2, 0.25) is 0 Å². The summed E-state index contributed by atoms with van der Waals surface area (Å²) in [5, 5.41) is 0.585. The Labute approximate surface area is 190 Å². The van der Waals surface area contributed by atoms with Crippen LogP contribution < -0.4 is 14.4 Å². The zero-order valence-electron chi connectivity index (χ0n) is 17.9. The molecule has 2 fully saturated rings. The second kappa shape index (κ2) is 9.44. The van der Waals surface area contributed by atoms with Crippen molar-refractivity contribution in [2.24, 2.45) is 4.99 Å². The third-order valence-corrected chi connectivity index (χ3v) is 6.32. The second-order valence-electron chi connectivity index (χ2n) is 7.26. The SMILES string of the molecule is COc1ccc(OC)c(N=C2SCCCN2C(=O)c2ccc(N3C(=O)CCC3=O)cc2)c1. The smallest absolute Gasteiger partial charge is 0.259 e. The molecular weight excluding hydrogens is 430 g/mol. The van der Waals surface area contributed by atoms with E-state index in [9.17, 15) is 14.4 Å². The maximum absolute atomic E-state index is 13.3. The van der Waals surface area contributed by atoms with Crippen LogP contribution in [0, 0.1) is 0 Å². The molecule has 32 heavy (non-hydrogen) atoms. The highest BCUT2D eigenvalue weighted by Crippen LogP contribution is 2.34. The normalized spacial score (nSPS) is 17.8. The number of amidine groups is 1. The minimum absolute atomic E-state index is 0.191. The summed E-state index contributed by atoms with van der Waals surface area (Å²) in [5.74, 6) is 1.45. The van der Waals surface area contributed by atoms with Gasteiger partial charge in [0.05, 0.1) is 19.9 Å². The molecule has 0 aromatic heterocycles. The molecule has 0 aliphatic carbocycles. The predicted molar refractivity (Wildman–Crippen MR) is 123 cm³/mol. The third kappa shape index (κ3) is 4.34. The van der Waals surface area contributed by atoms with Gasteiger partial charge in [-0.1, -0.05) is 11.8 Å². The quantitative estimate of drug-likeness (QED) is 0.643. The Balaban J connectivity index is 1.60. The molecule has 2 aromatic rings. The lowest BCUT2D eigenvalue weighted by Gasteiger charge is -2.28. The van der Waals surface area contributed by atoms with Crippen molar-refractivity contribution < 1.29 is 23.9 Å². The summed E-state index contributed by atoms with van der Waals surface area (Å²) in [6, 6.07) is 11.9. The van der Waals surface area contributed by atoms with E-state index in [4.69, 9.17) is 14.5 Å². The molecule has 2 aromatic carbocycles. The van der Waals surface area contributed by atoms with Gasteiger partial charge in [-0.05, 0) is 42.8 Å². The Morgan fingerprint density at radius 2 is 1.72 bits per heavy atom. The van der Waals surface area contributed by atoms with E-state index in [1.165, 1.54) is 16.7 Å². The fourth-order valence-electron chi connectivity index (χ4n) is 3.60. The van der Waals surface area contributed by atoms with E-state index in [1.807, 2.05) is 0 Å². The number of benzene rings is 2. The molecule has 8 nitrogen and oxygen atoms in total. The highest BCUT2D eigenvalue weighted by atomic mass is 32.2. The molecule has 2 aliphatic heterocycles. The molecule has 2 heterocycles. The highest BCUT2D eigenvalue weighted by Gasteiger charge is 2.31. The predicted octanol–water partition coefficient (Wildman–Crippen LogP) is 3.62. The summed E-state index contributed by atoms with van der Waals surface area (Å²) in [6.45, 7) is 0.543. The Kier molecular flexibility index (Phi) is 6.45. The fourth-order valence-corrected chi connectivity index (χ4v) is 4.55. The summed E-state index contributed by atoms with van der Waals surface area (Å²) in [5.41, 5.74) is 1.52. The average molecular weight is 454 g/mol. The summed E-state index contributed by atoms with van der Waals surface area (Å²) < 4.78 is 10.7. The van der Waals surface area contributed by atoms with E-state index in [-0.39, 0.29) is 30.6 Å². The van der Waals surface area contributed by atoms with Crippen LogP contribution in [0.3, 0.4) is 0 Å². The number of aliphatic imine (C=N–C) groups is 1. The van der Waals surface area contributed by atoms with E-state index in [0.29, 0.717) is 40.1 Å². The number of thioether (sulfide) groups is 1. The largest absolute Gasteiger partial charge is 0.497 e. The lowest BCUT2D eigenvalue weighted by Crippen LogP contribution is -2.39. The topological polar surface area (TPSA) is 88.5 Å². The highest BCUT2D eigenvalue weighted by molar-refractivity contribution is 8.13. The number of methoxy groups -OCH3 is 2. The van der Waals surface area contributed by atoms with Crippen molar-refractivity contribution in [3.05, 3.63) is 48.0 Å². The maximum atomic E-state index is 13.3. The number of ether oxygens (including phenoxy) is 2. The Morgan fingerprint density at radius 1 is 1.00 bits per heavy atom. The van der Waals surface area contributed by atoms with E-state index in [0.717, 1.165) is 12.2 Å². The number of imide groups is 1. The van der Waals surface area contributed by atoms with Gasteiger partial charge in [0.15, 0.2) is 5.17 Å². The minimum Gasteiger partial charge on any atom is -0.497 e. The van der Waals surface area contributed by atoms with Gasteiger partial charge in [0.2, 0.25) is 11.8 Å². The summed E-state index contributed by atoms with van der Waals surface area (Å²) in [7, 11) is 3.15. The molecule has 0 bridgehead atoms. The molecule has 0 unspecified atom stereocenters. The molecular formula is C23H23N3O5S. The van der Waals surface area contributed by atoms with Crippen molar-refractivity contribution in [3.8, 4) is 11.5 Å². The molecule has 3 amide bonds. The molecule has 0 spiro atoms. The van der Waals surface area contributed by atoms with Gasteiger partial charge < -0.3 is 9.47 Å². The van der Waals surface area contributed by atoms with Crippen molar-refractivity contribution in [3.63, 3.8) is 0 Å². The van der Waals surface area contributed by atoms with Gasteiger partial charge in [-0.2, -0.15) is 0 Å². The van der Waals surface area contributed by atoms with Gasteiger partial charge in [-0.25, -0.2) is 4.99 Å². The zero-order chi connectivity index (χ0) is 22.7. The number of anilines is 1. The third-order valence-electron chi connectivity index (χ3n) is 5.26. The molecule has 0 atom stereocenters.